The lowest BCUT2D eigenvalue weighted by atomic mass is 9.98. The molecule has 0 aliphatic carbocycles. The van der Waals surface area contributed by atoms with Crippen molar-refractivity contribution < 1.29 is 33.4 Å². The van der Waals surface area contributed by atoms with Crippen molar-refractivity contribution in [2.45, 2.75) is 91.5 Å². The normalized spacial score (nSPS) is 13.4. The molecule has 1 rings (SSSR count). The van der Waals surface area contributed by atoms with Gasteiger partial charge >= 0.3 is 12.1 Å². The number of hydrogen-bond acceptors (Lipinski definition) is 7. The molecule has 0 aromatic heterocycles. The first kappa shape index (κ1) is 32.4. The fourth-order valence-corrected chi connectivity index (χ4v) is 3.72. The van der Waals surface area contributed by atoms with Crippen molar-refractivity contribution in [1.82, 2.24) is 15.5 Å². The van der Waals surface area contributed by atoms with Crippen LogP contribution in [-0.2, 0) is 28.7 Å². The van der Waals surface area contributed by atoms with Crippen LogP contribution in [0.5, 0.6) is 0 Å². The van der Waals surface area contributed by atoms with Gasteiger partial charge in [-0.05, 0) is 53.5 Å². The molecule has 0 saturated carbocycles. The molecule has 11 nitrogen and oxygen atoms in total. The van der Waals surface area contributed by atoms with Gasteiger partial charge in [0.25, 0.3) is 0 Å². The van der Waals surface area contributed by atoms with Crippen LogP contribution in [0.25, 0.3) is 0 Å². The lowest BCUT2D eigenvalue weighted by Crippen LogP contribution is -2.56. The van der Waals surface area contributed by atoms with E-state index in [-0.39, 0.29) is 19.6 Å². The van der Waals surface area contributed by atoms with Gasteiger partial charge in [0.1, 0.15) is 17.7 Å². The number of carbonyl (C=O) groups excluding carboxylic acids is 5. The molecule has 0 bridgehead atoms. The van der Waals surface area contributed by atoms with Crippen molar-refractivity contribution in [1.29, 1.82) is 0 Å². The maximum absolute atomic E-state index is 13.9. The second-order valence-electron chi connectivity index (χ2n) is 10.0. The van der Waals surface area contributed by atoms with Gasteiger partial charge < -0.3 is 30.7 Å². The van der Waals surface area contributed by atoms with Crippen molar-refractivity contribution >= 4 is 29.8 Å². The van der Waals surface area contributed by atoms with Crippen LogP contribution in [-0.4, -0.2) is 65.5 Å². The topological polar surface area (TPSA) is 157 Å². The average Bonchev–Trinajstić information content (AvgIpc) is 2.79. The van der Waals surface area contributed by atoms with Gasteiger partial charge in [0.05, 0.1) is 19.4 Å². The number of aryl methyl sites for hydroxylation is 1. The number of hydrogen-bond donors (Lipinski definition) is 3. The Kier molecular flexibility index (Phi) is 12.7. The molecular weight excluding hydrogens is 492 g/mol. The highest BCUT2D eigenvalue weighted by Crippen LogP contribution is 2.27. The summed E-state index contributed by atoms with van der Waals surface area (Å²) in [7, 11) is 0. The van der Waals surface area contributed by atoms with Crippen LogP contribution in [0.1, 0.15) is 78.0 Å². The van der Waals surface area contributed by atoms with E-state index in [0.717, 1.165) is 5.56 Å². The summed E-state index contributed by atoms with van der Waals surface area (Å²) >= 11 is 0. The van der Waals surface area contributed by atoms with Crippen molar-refractivity contribution in [2.24, 2.45) is 5.73 Å². The van der Waals surface area contributed by atoms with Gasteiger partial charge in [0.2, 0.25) is 17.7 Å². The second-order valence-corrected chi connectivity index (χ2v) is 10.0. The Morgan fingerprint density at radius 2 is 1.76 bits per heavy atom. The van der Waals surface area contributed by atoms with E-state index in [1.807, 2.05) is 19.9 Å². The van der Waals surface area contributed by atoms with Gasteiger partial charge in [-0.15, -0.1) is 0 Å². The Balaban J connectivity index is 3.45. The molecule has 212 valence electrons. The number of nitrogens with two attached hydrogens (primary N) is 1. The molecule has 0 aliphatic rings. The smallest absolute Gasteiger partial charge is 0.408 e. The summed E-state index contributed by atoms with van der Waals surface area (Å²) in [5.41, 5.74) is 5.95. The maximum atomic E-state index is 13.9. The number of nitrogens with one attached hydrogen (secondary N) is 2. The van der Waals surface area contributed by atoms with Crippen molar-refractivity contribution in [3.05, 3.63) is 35.4 Å². The zero-order chi connectivity index (χ0) is 29.0. The summed E-state index contributed by atoms with van der Waals surface area (Å²) in [6, 6.07) is 4.17. The van der Waals surface area contributed by atoms with Crippen molar-refractivity contribution in [2.75, 3.05) is 13.2 Å². The summed E-state index contributed by atoms with van der Waals surface area (Å²) in [5, 5.41) is 5.17. The van der Waals surface area contributed by atoms with Crippen LogP contribution in [0.3, 0.4) is 0 Å². The van der Waals surface area contributed by atoms with Crippen LogP contribution < -0.4 is 16.4 Å². The van der Waals surface area contributed by atoms with Gasteiger partial charge in [-0.3, -0.25) is 19.2 Å². The summed E-state index contributed by atoms with van der Waals surface area (Å²) in [6.45, 7) is 12.4. The Bertz CT molecular complexity index is 990. The first-order chi connectivity index (χ1) is 17.7. The fraction of sp³-hybridized carbons (Fsp3) is 0.593. The first-order valence-corrected chi connectivity index (χ1v) is 12.8. The van der Waals surface area contributed by atoms with E-state index < -0.39 is 59.9 Å². The van der Waals surface area contributed by atoms with Crippen molar-refractivity contribution in [3.8, 4) is 0 Å². The first-order valence-electron chi connectivity index (χ1n) is 12.8. The van der Waals surface area contributed by atoms with E-state index in [4.69, 9.17) is 15.2 Å². The Morgan fingerprint density at radius 3 is 2.29 bits per heavy atom. The quantitative estimate of drug-likeness (QED) is 0.328. The minimum Gasteiger partial charge on any atom is -0.466 e. The second kappa shape index (κ2) is 14.9. The van der Waals surface area contributed by atoms with E-state index in [2.05, 4.69) is 10.6 Å². The minimum absolute atomic E-state index is 0.00336. The lowest BCUT2D eigenvalue weighted by Gasteiger charge is -2.38. The molecule has 38 heavy (non-hydrogen) atoms. The summed E-state index contributed by atoms with van der Waals surface area (Å²) in [4.78, 5) is 65.0. The lowest BCUT2D eigenvalue weighted by molar-refractivity contribution is -0.146. The maximum Gasteiger partial charge on any atom is 0.408 e. The number of primary amides is 1. The minimum atomic E-state index is -1.36. The monoisotopic (exact) mass is 534 g/mol. The van der Waals surface area contributed by atoms with Gasteiger partial charge in [0.15, 0.2) is 0 Å². The molecule has 0 spiro atoms. The van der Waals surface area contributed by atoms with E-state index in [9.17, 15) is 24.0 Å². The van der Waals surface area contributed by atoms with E-state index in [1.165, 1.54) is 4.90 Å². The van der Waals surface area contributed by atoms with Crippen LogP contribution in [0.15, 0.2) is 24.3 Å². The SMILES string of the molecule is CCOC(=O)CCNC(=O)C(c1cccc(C)c1)N(C(=O)C(CC(N)=O)NC(=O)OC(C)(C)C)C(C)CC. The number of nitrogens with zero attached hydrogens (tertiary/aromatic N) is 1. The van der Waals surface area contributed by atoms with Crippen LogP contribution in [0.4, 0.5) is 4.79 Å². The largest absolute Gasteiger partial charge is 0.466 e. The highest BCUT2D eigenvalue weighted by atomic mass is 16.6. The number of alkyl carbamates (subject to hydrolysis) is 1. The molecule has 3 unspecified atom stereocenters. The Labute approximate surface area is 224 Å². The Hall–Kier alpha value is -3.63. The zero-order valence-electron chi connectivity index (χ0n) is 23.5. The molecule has 0 aliphatic heterocycles. The number of benzene rings is 1. The Morgan fingerprint density at radius 1 is 1.11 bits per heavy atom. The van der Waals surface area contributed by atoms with E-state index in [0.29, 0.717) is 12.0 Å². The molecular formula is C27H42N4O7. The number of amides is 4. The number of rotatable bonds is 13. The molecule has 1 aromatic carbocycles. The van der Waals surface area contributed by atoms with E-state index in [1.54, 1.807) is 52.8 Å². The third-order valence-corrected chi connectivity index (χ3v) is 5.53. The molecule has 11 heteroatoms. The number of esters is 1. The third-order valence-electron chi connectivity index (χ3n) is 5.53. The highest BCUT2D eigenvalue weighted by Gasteiger charge is 2.39. The molecule has 1 aromatic rings. The molecule has 3 atom stereocenters. The summed E-state index contributed by atoms with van der Waals surface area (Å²) in [5.74, 6) is -2.47. The molecule has 4 N–H and O–H groups in total. The zero-order valence-corrected chi connectivity index (χ0v) is 23.5. The van der Waals surface area contributed by atoms with Gasteiger partial charge in [-0.2, -0.15) is 0 Å². The van der Waals surface area contributed by atoms with Gasteiger partial charge in [-0.1, -0.05) is 36.8 Å². The predicted octanol–water partition coefficient (Wildman–Crippen LogP) is 2.50. The van der Waals surface area contributed by atoms with Crippen molar-refractivity contribution in [3.63, 3.8) is 0 Å². The van der Waals surface area contributed by atoms with E-state index >= 15 is 0 Å². The molecule has 0 radical (unpaired) electrons. The van der Waals surface area contributed by atoms with Crippen LogP contribution >= 0.6 is 0 Å². The third kappa shape index (κ3) is 10.8. The van der Waals surface area contributed by atoms with Gasteiger partial charge in [0, 0.05) is 12.6 Å². The summed E-state index contributed by atoms with van der Waals surface area (Å²) < 4.78 is 10.2. The predicted molar refractivity (Wildman–Crippen MR) is 142 cm³/mol. The molecule has 0 heterocycles. The molecule has 0 fully saturated rings. The average molecular weight is 535 g/mol. The standard InChI is InChI=1S/C27H42N4O7/c1-8-18(4)31(25(35)20(16-21(28)32)30-26(36)38-27(5,6)7)23(19-12-10-11-17(3)15-19)24(34)29-14-13-22(33)37-9-2/h10-12,15,18,20,23H,8-9,13-14,16H2,1-7H3,(H2,28,32)(H,29,34)(H,30,36). The fourth-order valence-electron chi connectivity index (χ4n) is 3.72. The molecule has 0 saturated heterocycles. The van der Waals surface area contributed by atoms with Crippen LogP contribution in [0.2, 0.25) is 0 Å². The van der Waals surface area contributed by atoms with Gasteiger partial charge in [-0.25, -0.2) is 4.79 Å². The molecule has 4 amide bonds. The number of ether oxygens (including phenoxy) is 2. The number of carbonyl (C=O) groups is 5. The van der Waals surface area contributed by atoms with Crippen LogP contribution in [0, 0.1) is 6.92 Å². The summed E-state index contributed by atoms with van der Waals surface area (Å²) in [6.07, 6.45) is -0.954. The highest BCUT2D eigenvalue weighted by molar-refractivity contribution is 5.94.